The number of hydrogen-bond acceptors (Lipinski definition) is 5. The minimum atomic E-state index is 0.260. The van der Waals surface area contributed by atoms with Crippen molar-refractivity contribution in [2.75, 3.05) is 18.8 Å². The van der Waals surface area contributed by atoms with Crippen LogP contribution in [0, 0.1) is 0 Å². The number of rotatable bonds is 6. The van der Waals surface area contributed by atoms with Crippen molar-refractivity contribution in [1.29, 1.82) is 0 Å². The van der Waals surface area contributed by atoms with Gasteiger partial charge in [0.25, 0.3) is 0 Å². The number of aromatic nitrogens is 3. The summed E-state index contributed by atoms with van der Waals surface area (Å²) >= 11 is 3.33. The number of carbonyl (C=O) groups is 1. The van der Waals surface area contributed by atoms with E-state index in [1.807, 2.05) is 22.8 Å². The Hall–Kier alpha value is -1.34. The van der Waals surface area contributed by atoms with Crippen LogP contribution in [0.25, 0.3) is 0 Å². The fourth-order valence-corrected chi connectivity index (χ4v) is 4.26. The van der Waals surface area contributed by atoms with Gasteiger partial charge in [0.15, 0.2) is 0 Å². The van der Waals surface area contributed by atoms with E-state index in [2.05, 4.69) is 33.8 Å². The monoisotopic (exact) mass is 364 g/mol. The zero-order valence-electron chi connectivity index (χ0n) is 14.2. The molecule has 0 spiro atoms. The van der Waals surface area contributed by atoms with Crippen molar-refractivity contribution in [3.05, 3.63) is 34.8 Å². The van der Waals surface area contributed by atoms with Crippen LogP contribution in [0.15, 0.2) is 23.3 Å². The lowest BCUT2D eigenvalue weighted by Crippen LogP contribution is -2.40. The fraction of sp³-hybridized carbons (Fsp3) is 0.588. The first-order valence-electron chi connectivity index (χ1n) is 8.41. The van der Waals surface area contributed by atoms with Crippen LogP contribution in [-0.2, 0) is 11.3 Å². The standard InChI is InChI=1S/C17H24N4OS2/c1-13(2)24-11-16(22)20-6-3-4-14(8-20)17-18-5-7-21(17)9-15-10-23-12-19-15/h5,7,10,12-14H,3-4,6,8-9,11H2,1-2H3. The van der Waals surface area contributed by atoms with Crippen LogP contribution in [0.1, 0.15) is 44.1 Å². The second kappa shape index (κ2) is 8.16. The summed E-state index contributed by atoms with van der Waals surface area (Å²) in [5.74, 6) is 2.24. The van der Waals surface area contributed by atoms with Gasteiger partial charge in [-0.15, -0.1) is 23.1 Å². The van der Waals surface area contributed by atoms with Crippen molar-refractivity contribution in [3.63, 3.8) is 0 Å². The minimum absolute atomic E-state index is 0.260. The van der Waals surface area contributed by atoms with Gasteiger partial charge in [-0.2, -0.15) is 0 Å². The van der Waals surface area contributed by atoms with Crippen molar-refractivity contribution in [2.24, 2.45) is 0 Å². The number of piperidine rings is 1. The maximum atomic E-state index is 12.4. The number of amides is 1. The first kappa shape index (κ1) is 17.5. The van der Waals surface area contributed by atoms with E-state index in [0.29, 0.717) is 16.9 Å². The molecule has 3 rings (SSSR count). The SMILES string of the molecule is CC(C)SCC(=O)N1CCCC(c2nccn2Cc2cscn2)C1. The first-order chi connectivity index (χ1) is 11.6. The van der Waals surface area contributed by atoms with Gasteiger partial charge in [-0.05, 0) is 18.1 Å². The van der Waals surface area contributed by atoms with Gasteiger partial charge in [0.1, 0.15) is 5.82 Å². The van der Waals surface area contributed by atoms with Crippen molar-refractivity contribution >= 4 is 29.0 Å². The Morgan fingerprint density at radius 2 is 2.33 bits per heavy atom. The van der Waals surface area contributed by atoms with Crippen molar-refractivity contribution in [1.82, 2.24) is 19.4 Å². The lowest BCUT2D eigenvalue weighted by atomic mass is 9.97. The molecule has 1 atom stereocenters. The molecule has 24 heavy (non-hydrogen) atoms. The summed E-state index contributed by atoms with van der Waals surface area (Å²) < 4.78 is 2.18. The third-order valence-corrected chi connectivity index (χ3v) is 5.96. The molecular formula is C17H24N4OS2. The normalized spacial score (nSPS) is 18.3. The van der Waals surface area contributed by atoms with Gasteiger partial charge in [-0.3, -0.25) is 4.79 Å². The van der Waals surface area contributed by atoms with Gasteiger partial charge >= 0.3 is 0 Å². The second-order valence-electron chi connectivity index (χ2n) is 6.43. The Labute approximate surface area is 151 Å². The van der Waals surface area contributed by atoms with Crippen molar-refractivity contribution in [2.45, 2.75) is 44.4 Å². The molecule has 0 N–H and O–H groups in total. The number of imidazole rings is 1. The van der Waals surface area contributed by atoms with Gasteiger partial charge < -0.3 is 9.47 Å². The van der Waals surface area contributed by atoms with Gasteiger partial charge in [-0.25, -0.2) is 9.97 Å². The predicted molar refractivity (Wildman–Crippen MR) is 99.6 cm³/mol. The van der Waals surface area contributed by atoms with Gasteiger partial charge in [0.2, 0.25) is 5.91 Å². The Morgan fingerprint density at radius 1 is 1.46 bits per heavy atom. The Kier molecular flexibility index (Phi) is 5.94. The van der Waals surface area contributed by atoms with E-state index in [1.54, 1.807) is 23.1 Å². The molecule has 1 fully saturated rings. The highest BCUT2D eigenvalue weighted by Gasteiger charge is 2.27. The Bertz CT molecular complexity index is 653. The number of carbonyl (C=O) groups excluding carboxylic acids is 1. The first-order valence-corrected chi connectivity index (χ1v) is 10.4. The quantitative estimate of drug-likeness (QED) is 0.790. The lowest BCUT2D eigenvalue weighted by Gasteiger charge is -2.32. The summed E-state index contributed by atoms with van der Waals surface area (Å²) in [6.07, 6.45) is 6.02. The minimum Gasteiger partial charge on any atom is -0.341 e. The maximum absolute atomic E-state index is 12.4. The van der Waals surface area contributed by atoms with E-state index in [4.69, 9.17) is 0 Å². The summed E-state index contributed by atoms with van der Waals surface area (Å²) in [7, 11) is 0. The van der Waals surface area contributed by atoms with E-state index < -0.39 is 0 Å². The summed E-state index contributed by atoms with van der Waals surface area (Å²) in [4.78, 5) is 23.4. The molecule has 1 amide bonds. The summed E-state index contributed by atoms with van der Waals surface area (Å²) in [5.41, 5.74) is 2.93. The van der Waals surface area contributed by atoms with Gasteiger partial charge in [0, 0.05) is 36.8 Å². The molecule has 2 aromatic rings. The van der Waals surface area contributed by atoms with Crippen LogP contribution in [0.4, 0.5) is 0 Å². The average molecular weight is 365 g/mol. The molecule has 0 saturated carbocycles. The molecule has 0 aliphatic carbocycles. The maximum Gasteiger partial charge on any atom is 0.232 e. The molecule has 0 bridgehead atoms. The van der Waals surface area contributed by atoms with Crippen LogP contribution in [0.2, 0.25) is 0 Å². The summed E-state index contributed by atoms with van der Waals surface area (Å²) in [6.45, 7) is 6.68. The van der Waals surface area contributed by atoms with E-state index in [1.165, 1.54) is 0 Å². The number of thioether (sulfide) groups is 1. The Balaban J connectivity index is 1.65. The van der Waals surface area contributed by atoms with E-state index in [0.717, 1.165) is 44.0 Å². The molecule has 5 nitrogen and oxygen atoms in total. The van der Waals surface area contributed by atoms with E-state index in [9.17, 15) is 4.79 Å². The largest absolute Gasteiger partial charge is 0.341 e. The van der Waals surface area contributed by atoms with Crippen LogP contribution < -0.4 is 0 Å². The predicted octanol–water partition coefficient (Wildman–Crippen LogP) is 3.24. The summed E-state index contributed by atoms with van der Waals surface area (Å²) in [6, 6.07) is 0. The molecule has 2 aromatic heterocycles. The smallest absolute Gasteiger partial charge is 0.232 e. The third-order valence-electron chi connectivity index (χ3n) is 4.24. The van der Waals surface area contributed by atoms with Crippen LogP contribution in [-0.4, -0.2) is 49.4 Å². The fourth-order valence-electron chi connectivity index (χ4n) is 3.05. The summed E-state index contributed by atoms with van der Waals surface area (Å²) in [5, 5.41) is 2.57. The third kappa shape index (κ3) is 4.39. The number of likely N-dealkylation sites (tertiary alicyclic amines) is 1. The second-order valence-corrected chi connectivity index (χ2v) is 8.72. The topological polar surface area (TPSA) is 51.0 Å². The molecule has 1 unspecified atom stereocenters. The molecule has 0 radical (unpaired) electrons. The highest BCUT2D eigenvalue weighted by atomic mass is 32.2. The number of nitrogens with zero attached hydrogens (tertiary/aromatic N) is 4. The lowest BCUT2D eigenvalue weighted by molar-refractivity contribution is -0.129. The Morgan fingerprint density at radius 3 is 3.08 bits per heavy atom. The van der Waals surface area contributed by atoms with Crippen molar-refractivity contribution < 1.29 is 4.79 Å². The van der Waals surface area contributed by atoms with E-state index >= 15 is 0 Å². The van der Waals surface area contributed by atoms with Gasteiger partial charge in [-0.1, -0.05) is 13.8 Å². The number of hydrogen-bond donors (Lipinski definition) is 0. The van der Waals surface area contributed by atoms with Gasteiger partial charge in [0.05, 0.1) is 23.5 Å². The zero-order chi connectivity index (χ0) is 16.9. The molecule has 1 saturated heterocycles. The molecule has 130 valence electrons. The molecule has 7 heteroatoms. The molecule has 1 aliphatic heterocycles. The molecule has 1 aliphatic rings. The van der Waals surface area contributed by atoms with Crippen molar-refractivity contribution in [3.8, 4) is 0 Å². The zero-order valence-corrected chi connectivity index (χ0v) is 15.9. The van der Waals surface area contributed by atoms with Crippen LogP contribution in [0.3, 0.4) is 0 Å². The molecule has 0 aromatic carbocycles. The molecule has 3 heterocycles. The van der Waals surface area contributed by atoms with Crippen LogP contribution >= 0.6 is 23.1 Å². The molecular weight excluding hydrogens is 340 g/mol. The van der Waals surface area contributed by atoms with Crippen LogP contribution in [0.5, 0.6) is 0 Å². The average Bonchev–Trinajstić information content (AvgIpc) is 3.25. The van der Waals surface area contributed by atoms with E-state index in [-0.39, 0.29) is 5.91 Å². The highest BCUT2D eigenvalue weighted by molar-refractivity contribution is 8.00. The number of thiazole rings is 1. The highest BCUT2D eigenvalue weighted by Crippen LogP contribution is 2.27.